The highest BCUT2D eigenvalue weighted by Crippen LogP contribution is 1.92. The molecule has 0 atom stereocenters. The summed E-state index contributed by atoms with van der Waals surface area (Å²) in [4.78, 5) is 9.92. The zero-order chi connectivity index (χ0) is 14.3. The third-order valence-electron chi connectivity index (χ3n) is 2.35. The summed E-state index contributed by atoms with van der Waals surface area (Å²) in [5.74, 6) is 0. The first-order valence-corrected chi connectivity index (χ1v) is 6.83. The van der Waals surface area contributed by atoms with E-state index < -0.39 is 0 Å². The van der Waals surface area contributed by atoms with Crippen molar-refractivity contribution in [1.82, 2.24) is 4.90 Å². The standard InChI is InChI=1S/C7H18N2O.C6H7ClN2/c1-9(5-3-4-8)6-7-10-2;7-6-8-4-2-1-3-5-9-6/h3-8H2,1-2H3;1-2,5H,3-4H2/b;2-1?,8-6?,9-5-. The number of nitrogens with two attached hydrogens (primary N) is 1. The van der Waals surface area contributed by atoms with Gasteiger partial charge in [0.05, 0.1) is 13.2 Å². The third kappa shape index (κ3) is 13.5. The molecule has 0 saturated heterocycles. The van der Waals surface area contributed by atoms with Crippen LogP contribution in [0, 0.1) is 0 Å². The highest BCUT2D eigenvalue weighted by molar-refractivity contribution is 6.65. The SMILES string of the molecule is COCCN(C)CCCN.ClC1=NCC=CC/C=N\1. The first-order chi connectivity index (χ1) is 9.20. The summed E-state index contributed by atoms with van der Waals surface area (Å²) in [6.45, 7) is 4.30. The van der Waals surface area contributed by atoms with Crippen LogP contribution in [0.5, 0.6) is 0 Å². The molecule has 1 aliphatic rings. The van der Waals surface area contributed by atoms with Gasteiger partial charge >= 0.3 is 0 Å². The summed E-state index contributed by atoms with van der Waals surface area (Å²) in [7, 11) is 3.80. The maximum Gasteiger partial charge on any atom is 0.217 e. The van der Waals surface area contributed by atoms with Crippen LogP contribution < -0.4 is 5.73 Å². The van der Waals surface area contributed by atoms with Gasteiger partial charge in [0.15, 0.2) is 0 Å². The Kier molecular flexibility index (Phi) is 13.1. The molecular weight excluding hydrogens is 264 g/mol. The molecule has 6 heteroatoms. The number of allylic oxidation sites excluding steroid dienone is 1. The molecule has 0 fully saturated rings. The summed E-state index contributed by atoms with van der Waals surface area (Å²) < 4.78 is 4.92. The average Bonchev–Trinajstić information content (AvgIpc) is 2.39. The predicted octanol–water partition coefficient (Wildman–Crippen LogP) is 1.53. The lowest BCUT2D eigenvalue weighted by Crippen LogP contribution is -2.25. The largest absolute Gasteiger partial charge is 0.383 e. The molecule has 0 radical (unpaired) electrons. The van der Waals surface area contributed by atoms with Crippen LogP contribution >= 0.6 is 11.6 Å². The lowest BCUT2D eigenvalue weighted by molar-refractivity contribution is 0.161. The van der Waals surface area contributed by atoms with Gasteiger partial charge in [0.2, 0.25) is 5.29 Å². The first-order valence-electron chi connectivity index (χ1n) is 6.45. The Balaban J connectivity index is 0.000000342. The van der Waals surface area contributed by atoms with Crippen molar-refractivity contribution in [3.63, 3.8) is 0 Å². The molecule has 0 bridgehead atoms. The summed E-state index contributed by atoms with van der Waals surface area (Å²) in [5, 5.41) is 0.347. The second-order valence-corrected chi connectivity index (χ2v) is 4.40. The van der Waals surface area contributed by atoms with Crippen molar-refractivity contribution in [2.24, 2.45) is 15.7 Å². The van der Waals surface area contributed by atoms with Crippen molar-refractivity contribution in [3.8, 4) is 0 Å². The number of ether oxygens (including phenoxy) is 1. The van der Waals surface area contributed by atoms with Crippen LogP contribution in [0.2, 0.25) is 0 Å². The number of aliphatic imine (C=N–C) groups is 2. The Morgan fingerprint density at radius 3 is 2.89 bits per heavy atom. The summed E-state index contributed by atoms with van der Waals surface area (Å²) in [6, 6.07) is 0. The predicted molar refractivity (Wildman–Crippen MR) is 83.4 cm³/mol. The molecule has 19 heavy (non-hydrogen) atoms. The first kappa shape index (κ1) is 18.2. The van der Waals surface area contributed by atoms with Crippen LogP contribution in [0.4, 0.5) is 0 Å². The number of likely N-dealkylation sites (N-methyl/N-ethyl adjacent to an activating group) is 1. The van der Waals surface area contributed by atoms with Crippen molar-refractivity contribution < 1.29 is 4.74 Å². The average molecular weight is 289 g/mol. The molecule has 0 spiro atoms. The van der Waals surface area contributed by atoms with Crippen LogP contribution in [0.3, 0.4) is 0 Å². The van der Waals surface area contributed by atoms with Crippen molar-refractivity contribution in [2.75, 3.05) is 46.9 Å². The molecular formula is C13H25ClN4O. The fraction of sp³-hybridized carbons (Fsp3) is 0.692. The van der Waals surface area contributed by atoms with Crippen molar-refractivity contribution in [1.29, 1.82) is 0 Å². The number of methoxy groups -OCH3 is 1. The van der Waals surface area contributed by atoms with E-state index in [-0.39, 0.29) is 0 Å². The minimum atomic E-state index is 0.347. The molecule has 0 aliphatic carbocycles. The van der Waals surface area contributed by atoms with E-state index in [1.807, 2.05) is 12.2 Å². The Labute approximate surface area is 121 Å². The van der Waals surface area contributed by atoms with Crippen molar-refractivity contribution >= 4 is 23.1 Å². The van der Waals surface area contributed by atoms with Crippen LogP contribution in [-0.4, -0.2) is 63.4 Å². The molecule has 1 rings (SSSR count). The maximum absolute atomic E-state index is 5.51. The Morgan fingerprint density at radius 1 is 1.42 bits per heavy atom. The molecule has 0 aromatic carbocycles. The molecule has 5 nitrogen and oxygen atoms in total. The Bertz CT molecular complexity index is 284. The van der Waals surface area contributed by atoms with E-state index >= 15 is 0 Å². The molecule has 1 aliphatic heterocycles. The topological polar surface area (TPSA) is 63.2 Å². The van der Waals surface area contributed by atoms with E-state index in [1.54, 1.807) is 13.3 Å². The second-order valence-electron chi connectivity index (χ2n) is 4.07. The molecule has 0 aromatic rings. The Morgan fingerprint density at radius 2 is 2.21 bits per heavy atom. The molecule has 0 saturated carbocycles. The van der Waals surface area contributed by atoms with Gasteiger partial charge in [-0.25, -0.2) is 4.99 Å². The van der Waals surface area contributed by atoms with Crippen LogP contribution in [-0.2, 0) is 4.74 Å². The zero-order valence-electron chi connectivity index (χ0n) is 11.9. The highest BCUT2D eigenvalue weighted by Gasteiger charge is 1.94. The summed E-state index contributed by atoms with van der Waals surface area (Å²) in [6.07, 6.45) is 7.64. The number of rotatable bonds is 6. The van der Waals surface area contributed by atoms with E-state index in [1.165, 1.54) is 0 Å². The molecule has 0 aromatic heterocycles. The minimum absolute atomic E-state index is 0.347. The Hall–Kier alpha value is -0.750. The molecule has 2 N–H and O–H groups in total. The van der Waals surface area contributed by atoms with Gasteiger partial charge in [-0.05, 0) is 38.2 Å². The number of hydrogen-bond acceptors (Lipinski definition) is 5. The maximum atomic E-state index is 5.51. The van der Waals surface area contributed by atoms with Crippen molar-refractivity contribution in [3.05, 3.63) is 12.2 Å². The third-order valence-corrected chi connectivity index (χ3v) is 2.57. The van der Waals surface area contributed by atoms with Crippen molar-refractivity contribution in [2.45, 2.75) is 12.8 Å². The van der Waals surface area contributed by atoms with Crippen LogP contribution in [0.25, 0.3) is 0 Å². The molecule has 0 unspecified atom stereocenters. The molecule has 0 amide bonds. The molecule has 1 heterocycles. The minimum Gasteiger partial charge on any atom is -0.383 e. The zero-order valence-corrected chi connectivity index (χ0v) is 12.6. The van der Waals surface area contributed by atoms with E-state index in [2.05, 4.69) is 21.9 Å². The second kappa shape index (κ2) is 13.7. The van der Waals surface area contributed by atoms with E-state index in [9.17, 15) is 0 Å². The number of amidine groups is 1. The smallest absolute Gasteiger partial charge is 0.217 e. The van der Waals surface area contributed by atoms with Crippen LogP contribution in [0.15, 0.2) is 22.1 Å². The van der Waals surface area contributed by atoms with Gasteiger partial charge in [0.1, 0.15) is 0 Å². The lowest BCUT2D eigenvalue weighted by atomic mass is 10.4. The summed E-state index contributed by atoms with van der Waals surface area (Å²) in [5.41, 5.74) is 5.35. The van der Waals surface area contributed by atoms with E-state index in [0.29, 0.717) is 11.8 Å². The normalized spacial score (nSPS) is 16.2. The fourth-order valence-corrected chi connectivity index (χ4v) is 1.39. The quantitative estimate of drug-likeness (QED) is 0.595. The van der Waals surface area contributed by atoms with Gasteiger partial charge in [-0.15, -0.1) is 0 Å². The number of halogens is 1. The van der Waals surface area contributed by atoms with Gasteiger partial charge < -0.3 is 15.4 Å². The van der Waals surface area contributed by atoms with E-state index in [0.717, 1.165) is 39.1 Å². The number of hydrogen-bond donors (Lipinski definition) is 1. The fourth-order valence-electron chi connectivity index (χ4n) is 1.25. The van der Waals surface area contributed by atoms with Gasteiger partial charge in [-0.2, -0.15) is 0 Å². The monoisotopic (exact) mass is 288 g/mol. The molecule has 110 valence electrons. The lowest BCUT2D eigenvalue weighted by Gasteiger charge is -2.14. The van der Waals surface area contributed by atoms with Crippen LogP contribution in [0.1, 0.15) is 12.8 Å². The van der Waals surface area contributed by atoms with E-state index in [4.69, 9.17) is 22.1 Å². The summed E-state index contributed by atoms with van der Waals surface area (Å²) >= 11 is 5.51. The van der Waals surface area contributed by atoms with Gasteiger partial charge in [0.25, 0.3) is 0 Å². The van der Waals surface area contributed by atoms with Gasteiger partial charge in [0, 0.05) is 26.3 Å². The van der Waals surface area contributed by atoms with Gasteiger partial charge in [-0.3, -0.25) is 4.99 Å². The highest BCUT2D eigenvalue weighted by atomic mass is 35.5. The number of nitrogens with zero attached hydrogens (tertiary/aromatic N) is 3. The van der Waals surface area contributed by atoms with Gasteiger partial charge in [-0.1, -0.05) is 12.2 Å².